The van der Waals surface area contributed by atoms with E-state index in [9.17, 15) is 19.0 Å². The van der Waals surface area contributed by atoms with E-state index in [1.54, 1.807) is 0 Å². The van der Waals surface area contributed by atoms with Gasteiger partial charge in [0.15, 0.2) is 6.10 Å². The van der Waals surface area contributed by atoms with Crippen molar-refractivity contribution in [1.82, 2.24) is 0 Å². The Morgan fingerprint density at radius 2 is 0.879 bits per heavy atom. The average molecular weight is 843 g/mol. The molecule has 0 aliphatic rings. The molecule has 0 bridgehead atoms. The molecule has 0 aromatic carbocycles. The Hall–Kier alpha value is -1.51. The highest BCUT2D eigenvalue weighted by Gasteiger charge is 2.27. The zero-order valence-corrected chi connectivity index (χ0v) is 39.4. The van der Waals surface area contributed by atoms with Crippen molar-refractivity contribution in [2.45, 2.75) is 225 Å². The van der Waals surface area contributed by atoms with E-state index in [0.717, 1.165) is 38.5 Å². The van der Waals surface area contributed by atoms with Crippen molar-refractivity contribution in [3.63, 3.8) is 0 Å². The van der Waals surface area contributed by atoms with Crippen LogP contribution in [-0.2, 0) is 32.7 Å². The standard InChI is InChI=1S/C48H92NO8P/c1-6-8-10-12-14-16-18-20-21-22-23-24-25-26-27-29-31-33-35-37-39-41-48(51)57-46(45-56-58(52,53)55-43-42-49(3,4)5)44-54-47(50)40-38-36-34-32-30-28-19-17-15-13-11-9-7-2/h20-21,28,30,46H,6-19,22-27,29,31-45H2,1-5H3/p+1/b21-20+,30-28+/t46-/m1/s1. The highest BCUT2D eigenvalue weighted by atomic mass is 31.2. The number of rotatable bonds is 44. The fourth-order valence-corrected chi connectivity index (χ4v) is 7.39. The van der Waals surface area contributed by atoms with Crippen LogP contribution in [0.4, 0.5) is 0 Å². The number of quaternary nitrogens is 1. The smallest absolute Gasteiger partial charge is 0.462 e. The summed E-state index contributed by atoms with van der Waals surface area (Å²) in [7, 11) is 1.47. The van der Waals surface area contributed by atoms with Gasteiger partial charge in [-0.1, -0.05) is 167 Å². The number of allylic oxidation sites excluding steroid dienone is 4. The van der Waals surface area contributed by atoms with E-state index >= 15 is 0 Å². The van der Waals surface area contributed by atoms with Gasteiger partial charge in [0, 0.05) is 12.8 Å². The Morgan fingerprint density at radius 3 is 1.29 bits per heavy atom. The topological polar surface area (TPSA) is 108 Å². The van der Waals surface area contributed by atoms with Gasteiger partial charge in [-0.3, -0.25) is 18.6 Å². The summed E-state index contributed by atoms with van der Waals surface area (Å²) in [5, 5.41) is 0. The fourth-order valence-electron chi connectivity index (χ4n) is 6.65. The Kier molecular flexibility index (Phi) is 39.8. The molecule has 0 aromatic heterocycles. The Morgan fingerprint density at radius 1 is 0.517 bits per heavy atom. The number of ether oxygens (including phenoxy) is 2. The summed E-state index contributed by atoms with van der Waals surface area (Å²) in [5.74, 6) is -0.811. The zero-order chi connectivity index (χ0) is 42.8. The summed E-state index contributed by atoms with van der Waals surface area (Å²) in [6.45, 7) is 4.41. The summed E-state index contributed by atoms with van der Waals surface area (Å²) < 4.78 is 34.4. The van der Waals surface area contributed by atoms with Gasteiger partial charge in [-0.15, -0.1) is 0 Å². The van der Waals surface area contributed by atoms with Crippen LogP contribution in [-0.4, -0.2) is 74.9 Å². The summed E-state index contributed by atoms with van der Waals surface area (Å²) >= 11 is 0. The second kappa shape index (κ2) is 40.9. The van der Waals surface area contributed by atoms with Crippen molar-refractivity contribution in [1.29, 1.82) is 0 Å². The van der Waals surface area contributed by atoms with Crippen LogP contribution in [0.5, 0.6) is 0 Å². The van der Waals surface area contributed by atoms with Crippen LogP contribution in [0, 0.1) is 0 Å². The lowest BCUT2D eigenvalue weighted by molar-refractivity contribution is -0.870. The van der Waals surface area contributed by atoms with E-state index in [2.05, 4.69) is 38.2 Å². The second-order valence-electron chi connectivity index (χ2n) is 17.5. The number of phosphoric acid groups is 1. The number of phosphoric ester groups is 1. The molecule has 0 fully saturated rings. The van der Waals surface area contributed by atoms with Gasteiger partial charge in [0.2, 0.25) is 0 Å². The van der Waals surface area contributed by atoms with Crippen LogP contribution in [0.25, 0.3) is 0 Å². The van der Waals surface area contributed by atoms with E-state index in [0.29, 0.717) is 23.9 Å². The lowest BCUT2D eigenvalue weighted by Gasteiger charge is -2.24. The predicted molar refractivity (Wildman–Crippen MR) is 243 cm³/mol. The van der Waals surface area contributed by atoms with Crippen molar-refractivity contribution >= 4 is 19.8 Å². The molecule has 0 amide bonds. The first-order valence-corrected chi connectivity index (χ1v) is 25.6. The molecule has 2 atom stereocenters. The molecule has 0 aromatic rings. The number of likely N-dealkylation sites (N-methyl/N-ethyl adjacent to an activating group) is 1. The summed E-state index contributed by atoms with van der Waals surface area (Å²) in [6.07, 6.45) is 45.1. The lowest BCUT2D eigenvalue weighted by Crippen LogP contribution is -2.37. The van der Waals surface area contributed by atoms with E-state index in [4.69, 9.17) is 18.5 Å². The minimum atomic E-state index is -4.38. The SMILES string of the molecule is CCCCCCCC/C=C/CCCCCCCCCCCCCC(=O)O[C@H](COC(=O)CCCCC/C=C/CCCCCCCC)COP(=O)(O)OCC[N+](C)(C)C. The second-order valence-corrected chi connectivity index (χ2v) is 18.9. The van der Waals surface area contributed by atoms with Gasteiger partial charge < -0.3 is 18.9 Å². The summed E-state index contributed by atoms with van der Waals surface area (Å²) in [5.41, 5.74) is 0. The van der Waals surface area contributed by atoms with Crippen LogP contribution in [0.15, 0.2) is 24.3 Å². The number of carbonyl (C=O) groups excluding carboxylic acids is 2. The molecule has 0 aliphatic heterocycles. The highest BCUT2D eigenvalue weighted by Crippen LogP contribution is 2.43. The first-order valence-electron chi connectivity index (χ1n) is 24.1. The largest absolute Gasteiger partial charge is 0.472 e. The van der Waals surface area contributed by atoms with Crippen LogP contribution >= 0.6 is 7.82 Å². The van der Waals surface area contributed by atoms with E-state index in [-0.39, 0.29) is 32.0 Å². The maximum atomic E-state index is 12.7. The number of unbranched alkanes of at least 4 members (excludes halogenated alkanes) is 26. The monoisotopic (exact) mass is 843 g/mol. The Balaban J connectivity index is 4.26. The highest BCUT2D eigenvalue weighted by molar-refractivity contribution is 7.47. The molecular formula is C48H93NO8P+. The third-order valence-electron chi connectivity index (χ3n) is 10.5. The minimum absolute atomic E-state index is 0.0309. The maximum Gasteiger partial charge on any atom is 0.472 e. The molecule has 9 nitrogen and oxygen atoms in total. The van der Waals surface area contributed by atoms with Gasteiger partial charge in [-0.05, 0) is 64.2 Å². The molecule has 0 radical (unpaired) electrons. The summed E-state index contributed by atoms with van der Waals surface area (Å²) in [6, 6.07) is 0. The Labute approximate surface area is 358 Å². The van der Waals surface area contributed by atoms with Gasteiger partial charge in [0.1, 0.15) is 19.8 Å². The van der Waals surface area contributed by atoms with E-state index in [1.807, 2.05) is 21.1 Å². The molecule has 1 N–H and O–H groups in total. The molecule has 58 heavy (non-hydrogen) atoms. The quantitative estimate of drug-likeness (QED) is 0.0212. The van der Waals surface area contributed by atoms with Gasteiger partial charge in [0.25, 0.3) is 0 Å². The number of nitrogens with zero attached hydrogens (tertiary/aromatic N) is 1. The van der Waals surface area contributed by atoms with Crippen molar-refractivity contribution in [3.8, 4) is 0 Å². The molecule has 0 saturated heterocycles. The normalized spacial score (nSPS) is 13.7. The average Bonchev–Trinajstić information content (AvgIpc) is 3.17. The molecule has 0 heterocycles. The van der Waals surface area contributed by atoms with Gasteiger partial charge in [0.05, 0.1) is 27.7 Å². The number of carbonyl (C=O) groups is 2. The molecule has 342 valence electrons. The third kappa shape index (κ3) is 44.1. The first kappa shape index (κ1) is 56.5. The third-order valence-corrected chi connectivity index (χ3v) is 11.4. The van der Waals surface area contributed by atoms with Crippen molar-refractivity contribution in [2.75, 3.05) is 47.5 Å². The molecule has 10 heteroatoms. The van der Waals surface area contributed by atoms with Crippen molar-refractivity contribution < 1.29 is 42.1 Å². The van der Waals surface area contributed by atoms with Crippen LogP contribution in [0.1, 0.15) is 219 Å². The Bertz CT molecular complexity index is 1040. The lowest BCUT2D eigenvalue weighted by atomic mass is 10.0. The molecule has 0 spiro atoms. The first-order chi connectivity index (χ1) is 28.0. The van der Waals surface area contributed by atoms with E-state index in [1.165, 1.54) is 141 Å². The number of esters is 2. The molecule has 0 rings (SSSR count). The zero-order valence-electron chi connectivity index (χ0n) is 38.5. The fraction of sp³-hybridized carbons (Fsp3) is 0.875. The molecule has 0 aliphatic carbocycles. The van der Waals surface area contributed by atoms with Crippen molar-refractivity contribution in [2.24, 2.45) is 0 Å². The van der Waals surface area contributed by atoms with Gasteiger partial charge in [-0.2, -0.15) is 0 Å². The van der Waals surface area contributed by atoms with Crippen LogP contribution in [0.2, 0.25) is 0 Å². The molecular weight excluding hydrogens is 750 g/mol. The minimum Gasteiger partial charge on any atom is -0.462 e. The maximum absolute atomic E-state index is 12.7. The van der Waals surface area contributed by atoms with Crippen LogP contribution < -0.4 is 0 Å². The number of hydrogen-bond donors (Lipinski definition) is 1. The molecule has 0 saturated carbocycles. The van der Waals surface area contributed by atoms with Gasteiger partial charge >= 0.3 is 19.8 Å². The predicted octanol–water partition coefficient (Wildman–Crippen LogP) is 13.9. The van der Waals surface area contributed by atoms with Gasteiger partial charge in [-0.25, -0.2) is 4.57 Å². The van der Waals surface area contributed by atoms with E-state index < -0.39 is 26.5 Å². The molecule has 1 unspecified atom stereocenters. The van der Waals surface area contributed by atoms with Crippen LogP contribution in [0.3, 0.4) is 0 Å². The van der Waals surface area contributed by atoms with Crippen molar-refractivity contribution in [3.05, 3.63) is 24.3 Å². The summed E-state index contributed by atoms with van der Waals surface area (Å²) in [4.78, 5) is 35.4. The number of hydrogen-bond acceptors (Lipinski definition) is 7.